The highest BCUT2D eigenvalue weighted by atomic mass is 32.1. The molecule has 7 rings (SSSR count). The van der Waals surface area contributed by atoms with Crippen molar-refractivity contribution >= 4 is 27.3 Å². The zero-order valence-electron chi connectivity index (χ0n) is 15.0. The molecule has 0 aromatic carbocycles. The number of nitrogens with zero attached hydrogens (tertiary/aromatic N) is 2. The molecule has 2 aromatic heterocycles. The van der Waals surface area contributed by atoms with Crippen molar-refractivity contribution in [2.75, 3.05) is 6.61 Å². The minimum Gasteiger partial charge on any atom is -0.469 e. The van der Waals surface area contributed by atoms with Crippen LogP contribution >= 0.6 is 11.3 Å². The second kappa shape index (κ2) is 5.51. The van der Waals surface area contributed by atoms with Crippen LogP contribution in [0.15, 0.2) is 6.33 Å². The number of fused-ring (bicyclic) bond motifs is 3. The molecule has 136 valence electrons. The molecule has 2 heterocycles. The summed E-state index contributed by atoms with van der Waals surface area (Å²) >= 11 is 1.77. The monoisotopic (exact) mass is 368 g/mol. The number of hydrogen-bond acceptors (Lipinski definition) is 5. The van der Waals surface area contributed by atoms with Gasteiger partial charge in [0.25, 0.3) is 0 Å². The number of rotatable bonds is 4. The van der Waals surface area contributed by atoms with Gasteiger partial charge < -0.3 is 4.74 Å². The summed E-state index contributed by atoms with van der Waals surface area (Å²) in [4.78, 5) is 24.5. The van der Waals surface area contributed by atoms with E-state index < -0.39 is 0 Å². The average Bonchev–Trinajstić information content (AvgIpc) is 3.19. The molecule has 0 unspecified atom stereocenters. The first-order valence-electron chi connectivity index (χ1n) is 10.1. The molecule has 0 amide bonds. The summed E-state index contributed by atoms with van der Waals surface area (Å²) in [6.45, 7) is 0.183. The quantitative estimate of drug-likeness (QED) is 0.805. The summed E-state index contributed by atoms with van der Waals surface area (Å²) in [6, 6.07) is 0. The third-order valence-electron chi connectivity index (χ3n) is 7.44. The molecule has 4 fully saturated rings. The topological polar surface area (TPSA) is 52.1 Å². The number of thiophene rings is 1. The van der Waals surface area contributed by atoms with Crippen LogP contribution in [0.2, 0.25) is 0 Å². The van der Waals surface area contributed by atoms with Crippen LogP contribution in [0.5, 0.6) is 5.88 Å². The maximum atomic E-state index is 13.2. The van der Waals surface area contributed by atoms with E-state index in [9.17, 15) is 4.79 Å². The summed E-state index contributed by atoms with van der Waals surface area (Å²) in [5.41, 5.74) is 1.28. The van der Waals surface area contributed by atoms with Crippen molar-refractivity contribution in [2.45, 2.75) is 57.8 Å². The zero-order valence-corrected chi connectivity index (χ0v) is 15.8. The van der Waals surface area contributed by atoms with Crippen molar-refractivity contribution < 1.29 is 9.53 Å². The lowest BCUT2D eigenvalue weighted by atomic mass is 9.48. The van der Waals surface area contributed by atoms with Crippen LogP contribution in [-0.2, 0) is 17.6 Å². The summed E-state index contributed by atoms with van der Waals surface area (Å²) in [6.07, 6.45) is 12.4. The number of hydrogen-bond donors (Lipinski definition) is 0. The largest absolute Gasteiger partial charge is 0.469 e. The number of carbonyl (C=O) groups excluding carboxylic acids is 1. The Morgan fingerprint density at radius 2 is 1.85 bits per heavy atom. The molecule has 0 N–H and O–H groups in total. The molecular formula is C21H24N2O2S. The number of Topliss-reactive ketones (excluding diaryl/α,β-unsaturated/α-hetero) is 1. The van der Waals surface area contributed by atoms with Crippen LogP contribution in [0.4, 0.5) is 0 Å². The highest BCUT2D eigenvalue weighted by Crippen LogP contribution is 2.60. The summed E-state index contributed by atoms with van der Waals surface area (Å²) in [5, 5.41) is 1.07. The maximum Gasteiger partial charge on any atom is 0.226 e. The zero-order chi connectivity index (χ0) is 17.3. The molecule has 26 heavy (non-hydrogen) atoms. The van der Waals surface area contributed by atoms with Gasteiger partial charge in [0.1, 0.15) is 17.8 Å². The van der Waals surface area contributed by atoms with Crippen LogP contribution < -0.4 is 4.74 Å². The average molecular weight is 369 g/mol. The normalized spacial score (nSPS) is 34.4. The van der Waals surface area contributed by atoms with Gasteiger partial charge in [0.15, 0.2) is 5.78 Å². The van der Waals surface area contributed by atoms with E-state index in [1.165, 1.54) is 36.1 Å². The van der Waals surface area contributed by atoms with E-state index in [1.54, 1.807) is 17.7 Å². The van der Waals surface area contributed by atoms with E-state index in [0.717, 1.165) is 60.1 Å². The Labute approximate surface area is 157 Å². The van der Waals surface area contributed by atoms with Crippen molar-refractivity contribution in [3.8, 4) is 5.88 Å². The summed E-state index contributed by atoms with van der Waals surface area (Å²) in [5.74, 6) is 3.33. The molecule has 0 aliphatic heterocycles. The number of ether oxygens (including phenoxy) is 1. The molecule has 5 aliphatic rings. The van der Waals surface area contributed by atoms with E-state index in [-0.39, 0.29) is 12.0 Å². The van der Waals surface area contributed by atoms with E-state index in [1.807, 2.05) is 0 Å². The Morgan fingerprint density at radius 3 is 2.58 bits per heavy atom. The first-order valence-corrected chi connectivity index (χ1v) is 10.9. The van der Waals surface area contributed by atoms with E-state index in [0.29, 0.717) is 11.7 Å². The van der Waals surface area contributed by atoms with Gasteiger partial charge in [-0.1, -0.05) is 0 Å². The van der Waals surface area contributed by atoms with E-state index in [4.69, 9.17) is 4.74 Å². The Balaban J connectivity index is 1.26. The second-order valence-electron chi connectivity index (χ2n) is 9.13. The van der Waals surface area contributed by atoms with Crippen LogP contribution in [0.1, 0.15) is 55.4 Å². The Morgan fingerprint density at radius 1 is 1.12 bits per heavy atom. The van der Waals surface area contributed by atoms with Crippen LogP contribution in [0.25, 0.3) is 10.2 Å². The van der Waals surface area contributed by atoms with Gasteiger partial charge in [0.05, 0.1) is 5.39 Å². The van der Waals surface area contributed by atoms with E-state index >= 15 is 0 Å². The Kier molecular flexibility index (Phi) is 3.29. The van der Waals surface area contributed by atoms with Crippen molar-refractivity contribution in [3.63, 3.8) is 0 Å². The lowest BCUT2D eigenvalue weighted by molar-refractivity contribution is -0.146. The lowest BCUT2D eigenvalue weighted by Gasteiger charge is -2.55. The SMILES string of the molecule is O=C(COc1ncnc2sc3c(c12)CCC3)C12CC3CC(CC(C3)C1)C2. The minimum absolute atomic E-state index is 0.0858. The van der Waals surface area contributed by atoms with Gasteiger partial charge >= 0.3 is 0 Å². The fourth-order valence-corrected chi connectivity index (χ4v) is 7.97. The van der Waals surface area contributed by atoms with Gasteiger partial charge in [-0.25, -0.2) is 9.97 Å². The fourth-order valence-electron chi connectivity index (χ4n) is 6.75. The third-order valence-corrected chi connectivity index (χ3v) is 8.64. The van der Waals surface area contributed by atoms with Gasteiger partial charge in [-0.15, -0.1) is 11.3 Å². The van der Waals surface area contributed by atoms with Gasteiger partial charge in [0.2, 0.25) is 5.88 Å². The van der Waals surface area contributed by atoms with Crippen molar-refractivity contribution in [2.24, 2.45) is 23.2 Å². The van der Waals surface area contributed by atoms with Crippen molar-refractivity contribution in [1.29, 1.82) is 0 Å². The second-order valence-corrected chi connectivity index (χ2v) is 10.2. The third kappa shape index (κ3) is 2.22. The maximum absolute atomic E-state index is 13.2. The van der Waals surface area contributed by atoms with Gasteiger partial charge in [0, 0.05) is 10.3 Å². The molecule has 0 saturated heterocycles. The van der Waals surface area contributed by atoms with Crippen molar-refractivity contribution in [3.05, 3.63) is 16.8 Å². The molecule has 2 aromatic rings. The van der Waals surface area contributed by atoms with Crippen LogP contribution in [-0.4, -0.2) is 22.4 Å². The fraction of sp³-hybridized carbons (Fsp3) is 0.667. The number of carbonyl (C=O) groups is 1. The highest BCUT2D eigenvalue weighted by Gasteiger charge is 2.54. The summed E-state index contributed by atoms with van der Waals surface area (Å²) in [7, 11) is 0. The molecule has 0 radical (unpaired) electrons. The van der Waals surface area contributed by atoms with Gasteiger partial charge in [-0.2, -0.15) is 0 Å². The molecule has 0 spiro atoms. The first kappa shape index (κ1) is 15.6. The minimum atomic E-state index is -0.0858. The number of ketones is 1. The van der Waals surface area contributed by atoms with E-state index in [2.05, 4.69) is 9.97 Å². The number of aryl methyl sites for hydroxylation is 2. The molecule has 0 atom stereocenters. The summed E-state index contributed by atoms with van der Waals surface area (Å²) < 4.78 is 6.06. The molecule has 4 nitrogen and oxygen atoms in total. The smallest absolute Gasteiger partial charge is 0.226 e. The van der Waals surface area contributed by atoms with Crippen LogP contribution in [0, 0.1) is 23.2 Å². The number of aromatic nitrogens is 2. The lowest BCUT2D eigenvalue weighted by Crippen LogP contribution is -2.51. The standard InChI is InChI=1S/C21H24N2O2S/c24-17(21-7-12-4-13(8-21)6-14(5-12)9-21)10-25-19-18-15-2-1-3-16(15)26-20(18)23-11-22-19/h11-14H,1-10H2. The Hall–Kier alpha value is -1.49. The van der Waals surface area contributed by atoms with Gasteiger partial charge in [-0.05, 0) is 81.1 Å². The predicted molar refractivity (Wildman–Crippen MR) is 101 cm³/mol. The Bertz CT molecular complexity index is 868. The highest BCUT2D eigenvalue weighted by molar-refractivity contribution is 7.18. The van der Waals surface area contributed by atoms with Crippen LogP contribution in [0.3, 0.4) is 0 Å². The molecule has 5 aliphatic carbocycles. The molecule has 4 saturated carbocycles. The predicted octanol–water partition coefficient (Wildman–Crippen LogP) is 4.34. The molecule has 5 heteroatoms. The molecular weight excluding hydrogens is 344 g/mol. The van der Waals surface area contributed by atoms with Gasteiger partial charge in [-0.3, -0.25) is 4.79 Å². The molecule has 4 bridgehead atoms. The first-order chi connectivity index (χ1) is 12.7. The van der Waals surface area contributed by atoms with Crippen molar-refractivity contribution in [1.82, 2.24) is 9.97 Å².